The van der Waals surface area contributed by atoms with E-state index in [2.05, 4.69) is 5.32 Å². The Hall–Kier alpha value is -3.55. The second kappa shape index (κ2) is 6.51. The zero-order chi connectivity index (χ0) is 20.9. The summed E-state index contributed by atoms with van der Waals surface area (Å²) in [6.45, 7) is 3.09. The van der Waals surface area contributed by atoms with Crippen LogP contribution in [0.15, 0.2) is 51.7 Å². The van der Waals surface area contributed by atoms with Gasteiger partial charge in [0.15, 0.2) is 11.6 Å². The quantitative estimate of drug-likeness (QED) is 0.542. The van der Waals surface area contributed by atoms with Gasteiger partial charge < -0.3 is 9.73 Å². The number of nitrogens with one attached hydrogen (secondary N) is 1. The molecule has 3 amide bonds. The van der Waals surface area contributed by atoms with E-state index in [0.717, 1.165) is 22.6 Å². The van der Waals surface area contributed by atoms with Gasteiger partial charge in [-0.2, -0.15) is 0 Å². The summed E-state index contributed by atoms with van der Waals surface area (Å²) in [5, 5.41) is 3.13. The molecular weight excluding hydrogens is 382 g/mol. The highest BCUT2D eigenvalue weighted by Gasteiger charge is 2.49. The predicted octanol–water partition coefficient (Wildman–Crippen LogP) is 3.35. The molecule has 1 aliphatic heterocycles. The van der Waals surface area contributed by atoms with Gasteiger partial charge in [-0.15, -0.1) is 0 Å². The van der Waals surface area contributed by atoms with Crippen LogP contribution in [0.25, 0.3) is 11.0 Å². The number of fused-ring (bicyclic) bond motifs is 1. The lowest BCUT2D eigenvalue weighted by molar-refractivity contribution is -0.131. The summed E-state index contributed by atoms with van der Waals surface area (Å²) < 4.78 is 32.1. The molecule has 0 bridgehead atoms. The molecule has 1 fully saturated rings. The van der Waals surface area contributed by atoms with Crippen LogP contribution < -0.4 is 10.9 Å². The van der Waals surface area contributed by atoms with E-state index in [1.54, 1.807) is 12.1 Å². The Morgan fingerprint density at radius 2 is 1.79 bits per heavy atom. The number of nitrogens with zero attached hydrogens (tertiary/aromatic N) is 1. The number of benzene rings is 2. The zero-order valence-corrected chi connectivity index (χ0v) is 15.6. The molecule has 4 rings (SSSR count). The number of hydrogen-bond donors (Lipinski definition) is 1. The molecule has 0 radical (unpaired) electrons. The van der Waals surface area contributed by atoms with Crippen molar-refractivity contribution in [3.63, 3.8) is 0 Å². The number of amides is 3. The van der Waals surface area contributed by atoms with Gasteiger partial charge >= 0.3 is 11.7 Å². The van der Waals surface area contributed by atoms with E-state index in [1.807, 2.05) is 13.0 Å². The average molecular weight is 398 g/mol. The molecule has 2 aromatic carbocycles. The second-order valence-corrected chi connectivity index (χ2v) is 7.17. The zero-order valence-electron chi connectivity index (χ0n) is 15.6. The summed E-state index contributed by atoms with van der Waals surface area (Å²) in [5.74, 6) is -2.81. The van der Waals surface area contributed by atoms with Crippen LogP contribution in [0.3, 0.4) is 0 Å². The van der Waals surface area contributed by atoms with Crippen molar-refractivity contribution in [2.45, 2.75) is 25.9 Å². The first-order valence-electron chi connectivity index (χ1n) is 8.82. The molecule has 1 aliphatic rings. The van der Waals surface area contributed by atoms with Gasteiger partial charge in [-0.1, -0.05) is 18.2 Å². The molecule has 1 aromatic heterocycles. The minimum atomic E-state index is -1.56. The highest BCUT2D eigenvalue weighted by Crippen LogP contribution is 2.31. The van der Waals surface area contributed by atoms with Crippen molar-refractivity contribution in [1.29, 1.82) is 0 Å². The Labute approximate surface area is 163 Å². The summed E-state index contributed by atoms with van der Waals surface area (Å²) in [7, 11) is 0. The minimum absolute atomic E-state index is 0.116. The lowest BCUT2D eigenvalue weighted by atomic mass is 9.92. The molecular formula is C21H16F2N2O4. The molecule has 2 heterocycles. The van der Waals surface area contributed by atoms with Gasteiger partial charge in [-0.05, 0) is 48.7 Å². The van der Waals surface area contributed by atoms with Gasteiger partial charge in [0, 0.05) is 11.5 Å². The van der Waals surface area contributed by atoms with Gasteiger partial charge in [0.25, 0.3) is 5.91 Å². The normalized spacial score (nSPS) is 19.1. The van der Waals surface area contributed by atoms with Crippen LogP contribution in [0, 0.1) is 18.6 Å². The summed E-state index contributed by atoms with van der Waals surface area (Å²) in [6.07, 6.45) is 0. The van der Waals surface area contributed by atoms with E-state index in [-0.39, 0.29) is 12.1 Å². The number of rotatable bonds is 3. The molecule has 148 valence electrons. The molecule has 1 N–H and O–H groups in total. The van der Waals surface area contributed by atoms with Gasteiger partial charge in [0.2, 0.25) is 0 Å². The maximum atomic E-state index is 13.7. The molecule has 0 aliphatic carbocycles. The second-order valence-electron chi connectivity index (χ2n) is 7.17. The largest absolute Gasteiger partial charge is 0.423 e. The van der Waals surface area contributed by atoms with Crippen LogP contribution >= 0.6 is 0 Å². The van der Waals surface area contributed by atoms with Gasteiger partial charge in [-0.25, -0.2) is 18.4 Å². The van der Waals surface area contributed by atoms with Crippen molar-refractivity contribution in [1.82, 2.24) is 10.2 Å². The number of carbonyl (C=O) groups is 2. The average Bonchev–Trinajstić information content (AvgIpc) is 2.87. The third-order valence-electron chi connectivity index (χ3n) is 5.09. The van der Waals surface area contributed by atoms with Crippen molar-refractivity contribution >= 4 is 22.9 Å². The first kappa shape index (κ1) is 18.8. The molecule has 8 heteroatoms. The van der Waals surface area contributed by atoms with Crippen molar-refractivity contribution in [3.05, 3.63) is 81.2 Å². The third kappa shape index (κ3) is 3.06. The molecule has 1 unspecified atom stereocenters. The lowest BCUT2D eigenvalue weighted by Crippen LogP contribution is -2.41. The molecule has 1 atom stereocenters. The number of hydrogen-bond acceptors (Lipinski definition) is 4. The van der Waals surface area contributed by atoms with Crippen LogP contribution in [0.1, 0.15) is 23.6 Å². The van der Waals surface area contributed by atoms with Crippen LogP contribution in [0.5, 0.6) is 0 Å². The number of imide groups is 1. The molecule has 29 heavy (non-hydrogen) atoms. The summed E-state index contributed by atoms with van der Waals surface area (Å²) in [6, 6.07) is 8.82. The van der Waals surface area contributed by atoms with Crippen LogP contribution in [-0.2, 0) is 16.9 Å². The number of aryl methyl sites for hydroxylation is 1. The van der Waals surface area contributed by atoms with Crippen LogP contribution in [0.4, 0.5) is 13.6 Å². The third-order valence-corrected chi connectivity index (χ3v) is 5.09. The Balaban J connectivity index is 1.73. The Morgan fingerprint density at radius 3 is 2.52 bits per heavy atom. The van der Waals surface area contributed by atoms with Crippen LogP contribution in [-0.4, -0.2) is 16.8 Å². The number of urea groups is 1. The molecule has 3 aromatic rings. The van der Waals surface area contributed by atoms with E-state index in [0.29, 0.717) is 16.5 Å². The Morgan fingerprint density at radius 1 is 1.03 bits per heavy atom. The summed E-state index contributed by atoms with van der Waals surface area (Å²) in [5.41, 5.74) is -0.368. The van der Waals surface area contributed by atoms with Crippen molar-refractivity contribution < 1.29 is 22.8 Å². The SMILES string of the molecule is Cc1ccc2c(CN3C(=O)NC(C)(c4ccc(F)c(F)c4)C3=O)cc(=O)oc2c1. The van der Waals surface area contributed by atoms with E-state index in [4.69, 9.17) is 4.42 Å². The smallest absolute Gasteiger partial charge is 0.336 e. The predicted molar refractivity (Wildman–Crippen MR) is 100 cm³/mol. The number of halogens is 2. The van der Waals surface area contributed by atoms with Gasteiger partial charge in [0.05, 0.1) is 6.54 Å². The van der Waals surface area contributed by atoms with E-state index in [9.17, 15) is 23.2 Å². The molecule has 0 saturated carbocycles. The van der Waals surface area contributed by atoms with Crippen molar-refractivity contribution in [2.24, 2.45) is 0 Å². The Kier molecular flexibility index (Phi) is 4.22. The highest BCUT2D eigenvalue weighted by atomic mass is 19.2. The maximum Gasteiger partial charge on any atom is 0.336 e. The van der Waals surface area contributed by atoms with E-state index < -0.39 is 34.7 Å². The Bertz CT molecular complexity index is 1240. The topological polar surface area (TPSA) is 79.6 Å². The fraction of sp³-hybridized carbons (Fsp3) is 0.190. The first-order valence-corrected chi connectivity index (χ1v) is 8.82. The van der Waals surface area contributed by atoms with Crippen LogP contribution in [0.2, 0.25) is 0 Å². The summed E-state index contributed by atoms with van der Waals surface area (Å²) in [4.78, 5) is 38.4. The fourth-order valence-electron chi connectivity index (χ4n) is 3.48. The van der Waals surface area contributed by atoms with Crippen molar-refractivity contribution in [3.8, 4) is 0 Å². The minimum Gasteiger partial charge on any atom is -0.423 e. The first-order chi connectivity index (χ1) is 13.7. The molecule has 6 nitrogen and oxygen atoms in total. The lowest BCUT2D eigenvalue weighted by Gasteiger charge is -2.22. The van der Waals surface area contributed by atoms with Gasteiger partial charge in [-0.3, -0.25) is 9.69 Å². The highest BCUT2D eigenvalue weighted by molar-refractivity contribution is 6.07. The van der Waals surface area contributed by atoms with E-state index >= 15 is 0 Å². The maximum absolute atomic E-state index is 13.7. The molecule has 0 spiro atoms. The standard InChI is InChI=1S/C21H16F2N2O4/c1-11-3-5-14-12(8-18(26)29-17(14)7-11)10-25-19(27)21(2,24-20(25)28)13-4-6-15(22)16(23)9-13/h3-9H,10H2,1-2H3,(H,24,28). The van der Waals surface area contributed by atoms with E-state index in [1.165, 1.54) is 19.1 Å². The fourth-order valence-corrected chi connectivity index (χ4v) is 3.48. The van der Waals surface area contributed by atoms with Gasteiger partial charge in [0.1, 0.15) is 11.1 Å². The number of carbonyl (C=O) groups excluding carboxylic acids is 2. The monoisotopic (exact) mass is 398 g/mol. The molecule has 1 saturated heterocycles. The van der Waals surface area contributed by atoms with Crippen molar-refractivity contribution in [2.75, 3.05) is 0 Å². The summed E-state index contributed by atoms with van der Waals surface area (Å²) >= 11 is 0.